The first-order valence-electron chi connectivity index (χ1n) is 13.0. The van der Waals surface area contributed by atoms with Gasteiger partial charge in [0, 0.05) is 13.3 Å². The SMILES string of the molecule is C=C1CC[C@H](OC(C)=O)CC1=CC=C1CCC[C@@]2(C)C1CC[C@@H]2[C@H](C)CCCC(C)C. The Morgan fingerprint density at radius 2 is 1.94 bits per heavy atom. The van der Waals surface area contributed by atoms with Crippen LogP contribution >= 0.6 is 0 Å². The Morgan fingerprint density at radius 3 is 2.65 bits per heavy atom. The molecular weight excluding hydrogens is 380 g/mol. The molecule has 174 valence electrons. The highest BCUT2D eigenvalue weighted by Gasteiger charge is 2.50. The van der Waals surface area contributed by atoms with Gasteiger partial charge in [0.2, 0.25) is 0 Å². The van der Waals surface area contributed by atoms with Gasteiger partial charge in [0.15, 0.2) is 0 Å². The van der Waals surface area contributed by atoms with Crippen LogP contribution < -0.4 is 0 Å². The number of esters is 1. The first-order valence-corrected chi connectivity index (χ1v) is 13.0. The number of ether oxygens (including phenoxy) is 1. The fraction of sp³-hybridized carbons (Fsp3) is 0.759. The van der Waals surface area contributed by atoms with Gasteiger partial charge in [0.05, 0.1) is 0 Å². The summed E-state index contributed by atoms with van der Waals surface area (Å²) < 4.78 is 5.49. The van der Waals surface area contributed by atoms with Crippen molar-refractivity contribution in [1.29, 1.82) is 0 Å². The van der Waals surface area contributed by atoms with E-state index in [-0.39, 0.29) is 12.1 Å². The fourth-order valence-electron chi connectivity index (χ4n) is 6.98. The van der Waals surface area contributed by atoms with Gasteiger partial charge in [-0.15, -0.1) is 0 Å². The van der Waals surface area contributed by atoms with Crippen LogP contribution in [0.4, 0.5) is 0 Å². The molecule has 3 saturated carbocycles. The van der Waals surface area contributed by atoms with Crippen LogP contribution in [-0.2, 0) is 9.53 Å². The third-order valence-electron chi connectivity index (χ3n) is 8.67. The van der Waals surface area contributed by atoms with E-state index < -0.39 is 0 Å². The highest BCUT2D eigenvalue weighted by molar-refractivity contribution is 5.66. The molecular formula is C29H46O2. The molecule has 0 saturated heterocycles. The van der Waals surface area contributed by atoms with Crippen LogP contribution in [0.2, 0.25) is 0 Å². The normalized spacial score (nSPS) is 34.9. The lowest BCUT2D eigenvalue weighted by Gasteiger charge is -2.44. The van der Waals surface area contributed by atoms with Gasteiger partial charge in [0.1, 0.15) is 6.10 Å². The molecule has 3 aliphatic rings. The summed E-state index contributed by atoms with van der Waals surface area (Å²) in [5.74, 6) is 3.12. The van der Waals surface area contributed by atoms with Gasteiger partial charge in [-0.1, -0.05) is 76.8 Å². The predicted molar refractivity (Wildman–Crippen MR) is 131 cm³/mol. The lowest BCUT2D eigenvalue weighted by atomic mass is 9.60. The molecule has 0 bridgehead atoms. The average Bonchev–Trinajstić information content (AvgIpc) is 3.05. The van der Waals surface area contributed by atoms with Crippen LogP contribution in [0.5, 0.6) is 0 Å². The molecule has 0 amide bonds. The largest absolute Gasteiger partial charge is 0.462 e. The Kier molecular flexibility index (Phi) is 8.27. The van der Waals surface area contributed by atoms with E-state index in [9.17, 15) is 4.79 Å². The summed E-state index contributed by atoms with van der Waals surface area (Å²) >= 11 is 0. The summed E-state index contributed by atoms with van der Waals surface area (Å²) in [6.45, 7) is 15.6. The number of rotatable bonds is 7. The van der Waals surface area contributed by atoms with Gasteiger partial charge >= 0.3 is 5.97 Å². The van der Waals surface area contributed by atoms with Crippen molar-refractivity contribution in [2.24, 2.45) is 29.1 Å². The molecule has 31 heavy (non-hydrogen) atoms. The fourth-order valence-corrected chi connectivity index (χ4v) is 6.98. The molecule has 0 radical (unpaired) electrons. The van der Waals surface area contributed by atoms with Crippen molar-refractivity contribution in [3.05, 3.63) is 35.5 Å². The lowest BCUT2D eigenvalue weighted by molar-refractivity contribution is -0.146. The zero-order valence-electron chi connectivity index (χ0n) is 20.8. The third kappa shape index (κ3) is 5.93. The van der Waals surface area contributed by atoms with Crippen molar-refractivity contribution in [1.82, 2.24) is 0 Å². The van der Waals surface area contributed by atoms with E-state index >= 15 is 0 Å². The zero-order valence-corrected chi connectivity index (χ0v) is 20.8. The van der Waals surface area contributed by atoms with Crippen molar-refractivity contribution in [3.63, 3.8) is 0 Å². The maximum absolute atomic E-state index is 11.4. The Balaban J connectivity index is 1.69. The van der Waals surface area contributed by atoms with Crippen molar-refractivity contribution in [2.45, 2.75) is 111 Å². The molecule has 1 unspecified atom stereocenters. The molecule has 0 spiro atoms. The zero-order chi connectivity index (χ0) is 22.6. The Bertz CT molecular complexity index is 712. The van der Waals surface area contributed by atoms with Crippen LogP contribution in [0, 0.1) is 29.1 Å². The Hall–Kier alpha value is -1.31. The number of hydrogen-bond acceptors (Lipinski definition) is 2. The molecule has 2 heteroatoms. The second kappa shape index (κ2) is 10.5. The second-order valence-corrected chi connectivity index (χ2v) is 11.4. The van der Waals surface area contributed by atoms with Crippen molar-refractivity contribution in [2.75, 3.05) is 0 Å². The Labute approximate surface area is 191 Å². The van der Waals surface area contributed by atoms with Crippen molar-refractivity contribution >= 4 is 5.97 Å². The quantitative estimate of drug-likeness (QED) is 0.383. The summed E-state index contributed by atoms with van der Waals surface area (Å²) in [6, 6.07) is 0. The molecule has 0 heterocycles. The van der Waals surface area contributed by atoms with Crippen molar-refractivity contribution in [3.8, 4) is 0 Å². The minimum Gasteiger partial charge on any atom is -0.462 e. The number of allylic oxidation sites excluding steroid dienone is 4. The predicted octanol–water partition coefficient (Wildman–Crippen LogP) is 8.19. The van der Waals surface area contributed by atoms with Gasteiger partial charge in [-0.3, -0.25) is 4.79 Å². The summed E-state index contributed by atoms with van der Waals surface area (Å²) in [7, 11) is 0. The Morgan fingerprint density at radius 1 is 1.16 bits per heavy atom. The molecule has 3 fully saturated rings. The molecule has 0 aromatic heterocycles. The number of hydrogen-bond donors (Lipinski definition) is 0. The summed E-state index contributed by atoms with van der Waals surface area (Å²) in [5.41, 5.74) is 4.65. The highest BCUT2D eigenvalue weighted by atomic mass is 16.5. The molecule has 5 atom stereocenters. The van der Waals surface area contributed by atoms with E-state index in [1.54, 1.807) is 5.57 Å². The maximum Gasteiger partial charge on any atom is 0.302 e. The summed E-state index contributed by atoms with van der Waals surface area (Å²) in [5, 5.41) is 0. The molecule has 2 nitrogen and oxygen atoms in total. The van der Waals surface area contributed by atoms with E-state index in [0.717, 1.165) is 42.9 Å². The minimum atomic E-state index is -0.169. The number of carbonyl (C=O) groups is 1. The maximum atomic E-state index is 11.4. The van der Waals surface area contributed by atoms with Gasteiger partial charge < -0.3 is 4.74 Å². The van der Waals surface area contributed by atoms with Crippen LogP contribution in [0.15, 0.2) is 35.5 Å². The van der Waals surface area contributed by atoms with E-state index in [2.05, 4.69) is 46.4 Å². The van der Waals surface area contributed by atoms with Gasteiger partial charge in [-0.05, 0) is 79.6 Å². The first kappa shape index (κ1) is 24.3. The molecule has 3 aliphatic carbocycles. The van der Waals surface area contributed by atoms with Gasteiger partial charge in [0.25, 0.3) is 0 Å². The molecule has 3 rings (SSSR count). The van der Waals surface area contributed by atoms with Gasteiger partial charge in [-0.2, -0.15) is 0 Å². The van der Waals surface area contributed by atoms with Gasteiger partial charge in [-0.25, -0.2) is 0 Å². The number of fused-ring (bicyclic) bond motifs is 1. The standard InChI is InChI=1S/C29H46O2/c1-20(2)9-7-10-22(4)27-16-17-28-24(11-8-18-29(27,28)6)13-14-25-19-26(31-23(5)30)15-12-21(25)3/h13-14,20,22,26-28H,3,7-12,15-19H2,1-2,4-6H3/t22-,26+,27-,28?,29-/m1/s1. The van der Waals surface area contributed by atoms with Crippen LogP contribution in [0.3, 0.4) is 0 Å². The van der Waals surface area contributed by atoms with Crippen LogP contribution in [0.1, 0.15) is 105 Å². The third-order valence-corrected chi connectivity index (χ3v) is 8.67. The highest BCUT2D eigenvalue weighted by Crippen LogP contribution is 2.60. The number of carbonyl (C=O) groups excluding carboxylic acids is 1. The molecule has 0 N–H and O–H groups in total. The van der Waals surface area contributed by atoms with E-state index in [1.807, 2.05) is 0 Å². The van der Waals surface area contributed by atoms with E-state index in [0.29, 0.717) is 5.41 Å². The van der Waals surface area contributed by atoms with Crippen LogP contribution in [0.25, 0.3) is 0 Å². The van der Waals surface area contributed by atoms with E-state index in [1.165, 1.54) is 69.4 Å². The monoisotopic (exact) mass is 426 g/mol. The molecule has 0 aliphatic heterocycles. The van der Waals surface area contributed by atoms with Crippen molar-refractivity contribution < 1.29 is 9.53 Å². The smallest absolute Gasteiger partial charge is 0.302 e. The molecule has 0 aromatic rings. The summed E-state index contributed by atoms with van der Waals surface area (Å²) in [4.78, 5) is 11.4. The second-order valence-electron chi connectivity index (χ2n) is 11.4. The summed E-state index contributed by atoms with van der Waals surface area (Å²) in [6.07, 6.45) is 18.3. The minimum absolute atomic E-state index is 0.0202. The first-order chi connectivity index (χ1) is 14.7. The van der Waals surface area contributed by atoms with Crippen LogP contribution in [-0.4, -0.2) is 12.1 Å². The van der Waals surface area contributed by atoms with E-state index in [4.69, 9.17) is 4.74 Å². The topological polar surface area (TPSA) is 26.3 Å². The lowest BCUT2D eigenvalue weighted by Crippen LogP contribution is -2.36. The molecule has 0 aromatic carbocycles. The average molecular weight is 427 g/mol.